The molecule has 1 heterocycles. The largest absolute Gasteiger partial charge is 0.457 e. The van der Waals surface area contributed by atoms with E-state index in [1.165, 1.54) is 0 Å². The van der Waals surface area contributed by atoms with Crippen LogP contribution >= 0.6 is 0 Å². The highest BCUT2D eigenvalue weighted by atomic mass is 16.5. The van der Waals surface area contributed by atoms with Crippen LogP contribution in [0.3, 0.4) is 0 Å². The number of hydrazone groups is 1. The molecule has 2 aromatic carbocycles. The summed E-state index contributed by atoms with van der Waals surface area (Å²) in [6.07, 6.45) is 1.61. The number of amides is 1. The molecule has 0 aromatic heterocycles. The molecule has 130 valence electrons. The first kappa shape index (κ1) is 17.1. The maximum atomic E-state index is 11.8. The van der Waals surface area contributed by atoms with Gasteiger partial charge < -0.3 is 9.47 Å². The van der Waals surface area contributed by atoms with Crippen molar-refractivity contribution in [2.45, 2.75) is 0 Å². The van der Waals surface area contributed by atoms with Crippen LogP contribution in [0.5, 0.6) is 11.5 Å². The molecule has 6 nitrogen and oxygen atoms in total. The minimum absolute atomic E-state index is 0.123. The SMILES string of the molecule is O=C(CN1CCOCC1)N/N=C\c1ccc(Oc2ccccc2)cc1. The average Bonchev–Trinajstić information content (AvgIpc) is 2.65. The summed E-state index contributed by atoms with van der Waals surface area (Å²) in [6, 6.07) is 17.1. The Morgan fingerprint density at radius 1 is 1.08 bits per heavy atom. The molecule has 3 rings (SSSR count). The van der Waals surface area contributed by atoms with Crippen molar-refractivity contribution in [2.75, 3.05) is 32.8 Å². The van der Waals surface area contributed by atoms with Crippen molar-refractivity contribution in [3.63, 3.8) is 0 Å². The zero-order valence-electron chi connectivity index (χ0n) is 13.9. The molecule has 0 radical (unpaired) electrons. The predicted molar refractivity (Wildman–Crippen MR) is 96.0 cm³/mol. The van der Waals surface area contributed by atoms with Gasteiger partial charge in [-0.3, -0.25) is 9.69 Å². The third-order valence-corrected chi connectivity index (χ3v) is 3.73. The van der Waals surface area contributed by atoms with Gasteiger partial charge in [-0.2, -0.15) is 5.10 Å². The third-order valence-electron chi connectivity index (χ3n) is 3.73. The van der Waals surface area contributed by atoms with Gasteiger partial charge >= 0.3 is 0 Å². The average molecular weight is 339 g/mol. The lowest BCUT2D eigenvalue weighted by Crippen LogP contribution is -2.42. The Labute approximate surface area is 147 Å². The first-order valence-electron chi connectivity index (χ1n) is 8.24. The van der Waals surface area contributed by atoms with Crippen LogP contribution in [0.2, 0.25) is 0 Å². The van der Waals surface area contributed by atoms with Crippen molar-refractivity contribution >= 4 is 12.1 Å². The van der Waals surface area contributed by atoms with Gasteiger partial charge in [0.05, 0.1) is 26.0 Å². The number of carbonyl (C=O) groups excluding carboxylic acids is 1. The minimum Gasteiger partial charge on any atom is -0.457 e. The molecule has 6 heteroatoms. The summed E-state index contributed by atoms with van der Waals surface area (Å²) >= 11 is 0. The molecule has 1 aliphatic rings. The van der Waals surface area contributed by atoms with Crippen molar-refractivity contribution in [1.82, 2.24) is 10.3 Å². The number of nitrogens with zero attached hydrogens (tertiary/aromatic N) is 2. The van der Waals surface area contributed by atoms with Crippen LogP contribution in [0.15, 0.2) is 59.7 Å². The van der Waals surface area contributed by atoms with Gasteiger partial charge in [0.1, 0.15) is 11.5 Å². The molecule has 0 spiro atoms. The summed E-state index contributed by atoms with van der Waals surface area (Å²) in [5.74, 6) is 1.42. The monoisotopic (exact) mass is 339 g/mol. The van der Waals surface area contributed by atoms with Crippen LogP contribution in [-0.4, -0.2) is 49.9 Å². The van der Waals surface area contributed by atoms with E-state index in [9.17, 15) is 4.79 Å². The Hall–Kier alpha value is -2.70. The smallest absolute Gasteiger partial charge is 0.254 e. The number of carbonyl (C=O) groups is 1. The first-order chi connectivity index (χ1) is 12.3. The molecule has 1 fully saturated rings. The fourth-order valence-corrected chi connectivity index (χ4v) is 2.42. The summed E-state index contributed by atoms with van der Waals surface area (Å²) in [5.41, 5.74) is 3.43. The molecular weight excluding hydrogens is 318 g/mol. The van der Waals surface area contributed by atoms with Crippen LogP contribution < -0.4 is 10.2 Å². The van der Waals surface area contributed by atoms with E-state index in [1.54, 1.807) is 6.21 Å². The molecular formula is C19H21N3O3. The number of hydrogen-bond acceptors (Lipinski definition) is 5. The zero-order chi connectivity index (χ0) is 17.3. The normalized spacial score (nSPS) is 15.2. The van der Waals surface area contributed by atoms with Crippen LogP contribution in [0, 0.1) is 0 Å². The molecule has 1 amide bonds. The second-order valence-corrected chi connectivity index (χ2v) is 5.67. The lowest BCUT2D eigenvalue weighted by Gasteiger charge is -2.25. The number of para-hydroxylation sites is 1. The van der Waals surface area contributed by atoms with Crippen LogP contribution in [0.1, 0.15) is 5.56 Å². The Kier molecular flexibility index (Phi) is 6.14. The van der Waals surface area contributed by atoms with Gasteiger partial charge in [-0.1, -0.05) is 18.2 Å². The zero-order valence-corrected chi connectivity index (χ0v) is 13.9. The van der Waals surface area contributed by atoms with E-state index in [2.05, 4.69) is 10.5 Å². The van der Waals surface area contributed by atoms with Crippen molar-refractivity contribution in [1.29, 1.82) is 0 Å². The van der Waals surface area contributed by atoms with E-state index in [0.717, 1.165) is 30.2 Å². The minimum atomic E-state index is -0.123. The van der Waals surface area contributed by atoms with Gasteiger partial charge in [0.2, 0.25) is 0 Å². The summed E-state index contributed by atoms with van der Waals surface area (Å²) in [7, 11) is 0. The number of morpholine rings is 1. The number of hydrogen-bond donors (Lipinski definition) is 1. The van der Waals surface area contributed by atoms with E-state index in [4.69, 9.17) is 9.47 Å². The molecule has 0 saturated carbocycles. The topological polar surface area (TPSA) is 63.2 Å². The molecule has 0 unspecified atom stereocenters. The lowest BCUT2D eigenvalue weighted by molar-refractivity contribution is -0.123. The van der Waals surface area contributed by atoms with E-state index in [1.807, 2.05) is 59.5 Å². The summed E-state index contributed by atoms with van der Waals surface area (Å²) in [4.78, 5) is 13.9. The van der Waals surface area contributed by atoms with E-state index >= 15 is 0 Å². The molecule has 0 atom stereocenters. The van der Waals surface area contributed by atoms with Gasteiger partial charge in [-0.05, 0) is 42.0 Å². The fourth-order valence-electron chi connectivity index (χ4n) is 2.42. The Balaban J connectivity index is 1.45. The van der Waals surface area contributed by atoms with Crippen LogP contribution in [-0.2, 0) is 9.53 Å². The number of benzene rings is 2. The molecule has 2 aromatic rings. The predicted octanol–water partition coefficient (Wildman–Crippen LogP) is 2.26. The van der Waals surface area contributed by atoms with E-state index < -0.39 is 0 Å². The summed E-state index contributed by atoms with van der Waals surface area (Å²) < 4.78 is 11.0. The quantitative estimate of drug-likeness (QED) is 0.648. The number of rotatable bonds is 6. The Morgan fingerprint density at radius 2 is 1.76 bits per heavy atom. The number of ether oxygens (including phenoxy) is 2. The summed E-state index contributed by atoms with van der Waals surface area (Å²) in [6.45, 7) is 3.24. The second-order valence-electron chi connectivity index (χ2n) is 5.67. The number of nitrogens with one attached hydrogen (secondary N) is 1. The van der Waals surface area contributed by atoms with Crippen molar-refractivity contribution in [3.8, 4) is 11.5 Å². The van der Waals surface area contributed by atoms with Crippen molar-refractivity contribution in [2.24, 2.45) is 5.10 Å². The van der Waals surface area contributed by atoms with Crippen molar-refractivity contribution < 1.29 is 14.3 Å². The summed E-state index contributed by atoms with van der Waals surface area (Å²) in [5, 5.41) is 4.00. The Bertz CT molecular complexity index is 696. The molecule has 0 bridgehead atoms. The molecule has 1 saturated heterocycles. The first-order valence-corrected chi connectivity index (χ1v) is 8.24. The molecule has 1 N–H and O–H groups in total. The van der Waals surface area contributed by atoms with Crippen molar-refractivity contribution in [3.05, 3.63) is 60.2 Å². The third kappa shape index (κ3) is 5.70. The highest BCUT2D eigenvalue weighted by Crippen LogP contribution is 2.20. The highest BCUT2D eigenvalue weighted by molar-refractivity contribution is 5.83. The lowest BCUT2D eigenvalue weighted by atomic mass is 10.2. The van der Waals surface area contributed by atoms with Gasteiger partial charge in [-0.25, -0.2) is 5.43 Å². The van der Waals surface area contributed by atoms with Gasteiger partial charge in [0.15, 0.2) is 0 Å². The fraction of sp³-hybridized carbons (Fsp3) is 0.263. The second kappa shape index (κ2) is 8.96. The molecule has 25 heavy (non-hydrogen) atoms. The standard InChI is InChI=1S/C19H21N3O3/c23-19(15-22-10-12-24-13-11-22)21-20-14-16-6-8-18(9-7-16)25-17-4-2-1-3-5-17/h1-9,14H,10-13,15H2,(H,21,23)/b20-14-. The van der Waals surface area contributed by atoms with E-state index in [0.29, 0.717) is 19.8 Å². The highest BCUT2D eigenvalue weighted by Gasteiger charge is 2.13. The maximum absolute atomic E-state index is 11.8. The van der Waals surface area contributed by atoms with Crippen LogP contribution in [0.4, 0.5) is 0 Å². The van der Waals surface area contributed by atoms with Crippen LogP contribution in [0.25, 0.3) is 0 Å². The van der Waals surface area contributed by atoms with Gasteiger partial charge in [0.25, 0.3) is 5.91 Å². The molecule has 1 aliphatic heterocycles. The maximum Gasteiger partial charge on any atom is 0.254 e. The molecule has 0 aliphatic carbocycles. The van der Waals surface area contributed by atoms with Gasteiger partial charge in [-0.15, -0.1) is 0 Å². The Morgan fingerprint density at radius 3 is 2.48 bits per heavy atom. The van der Waals surface area contributed by atoms with E-state index in [-0.39, 0.29) is 5.91 Å². The van der Waals surface area contributed by atoms with Gasteiger partial charge in [0, 0.05) is 13.1 Å².